The molecule has 0 saturated heterocycles. The number of unbranched alkanes of at least 4 members (excludes halogenated alkanes) is 1. The summed E-state index contributed by atoms with van der Waals surface area (Å²) in [6.07, 6.45) is 1.45. The fourth-order valence-electron chi connectivity index (χ4n) is 1.13. The van der Waals surface area contributed by atoms with Crippen molar-refractivity contribution >= 4 is 15.8 Å². The lowest BCUT2D eigenvalue weighted by molar-refractivity contribution is -0.143. The van der Waals surface area contributed by atoms with Gasteiger partial charge in [0.1, 0.15) is 0 Å². The van der Waals surface area contributed by atoms with E-state index in [2.05, 4.69) is 0 Å². The zero-order valence-electron chi connectivity index (χ0n) is 9.65. The number of hydrogen-bond donors (Lipinski definition) is 0. The van der Waals surface area contributed by atoms with Gasteiger partial charge in [-0.1, -0.05) is 13.3 Å². The molecule has 0 rings (SSSR count). The van der Waals surface area contributed by atoms with Crippen molar-refractivity contribution in [2.75, 3.05) is 12.4 Å². The van der Waals surface area contributed by atoms with Gasteiger partial charge in [0.25, 0.3) is 0 Å². The lowest BCUT2D eigenvalue weighted by Crippen LogP contribution is -2.25. The van der Waals surface area contributed by atoms with Crippen LogP contribution in [0.5, 0.6) is 0 Å². The van der Waals surface area contributed by atoms with Crippen molar-refractivity contribution < 1.29 is 17.9 Å². The van der Waals surface area contributed by atoms with E-state index >= 15 is 0 Å². The van der Waals surface area contributed by atoms with E-state index in [0.29, 0.717) is 13.0 Å². The lowest BCUT2D eigenvalue weighted by Gasteiger charge is -2.11. The fraction of sp³-hybridized carbons (Fsp3) is 0.900. The van der Waals surface area contributed by atoms with Gasteiger partial charge in [0.05, 0.1) is 24.0 Å². The summed E-state index contributed by atoms with van der Waals surface area (Å²) >= 11 is 0. The predicted octanol–water partition coefficient (Wildman–Crippen LogP) is 1.54. The predicted molar refractivity (Wildman–Crippen MR) is 59.4 cm³/mol. The van der Waals surface area contributed by atoms with Crippen molar-refractivity contribution in [3.63, 3.8) is 0 Å². The summed E-state index contributed by atoms with van der Waals surface area (Å²) in [4.78, 5) is 11.1. The van der Waals surface area contributed by atoms with Crippen molar-refractivity contribution in [1.29, 1.82) is 0 Å². The van der Waals surface area contributed by atoms with Crippen LogP contribution in [-0.4, -0.2) is 32.0 Å². The summed E-state index contributed by atoms with van der Waals surface area (Å²) in [7, 11) is -3.14. The molecule has 5 heteroatoms. The Hall–Kier alpha value is -0.580. The lowest BCUT2D eigenvalue weighted by atomic mass is 10.3. The molecular weight excluding hydrogens is 216 g/mol. The van der Waals surface area contributed by atoms with Crippen LogP contribution < -0.4 is 0 Å². The second kappa shape index (κ2) is 6.82. The maximum absolute atomic E-state index is 11.6. The molecule has 0 aliphatic heterocycles. The first-order chi connectivity index (χ1) is 6.94. The van der Waals surface area contributed by atoms with Crippen LogP contribution in [0, 0.1) is 0 Å². The summed E-state index contributed by atoms with van der Waals surface area (Å²) < 4.78 is 28.0. The number of sulfone groups is 1. The van der Waals surface area contributed by atoms with Gasteiger partial charge in [0.2, 0.25) is 0 Å². The van der Waals surface area contributed by atoms with E-state index in [1.54, 1.807) is 13.8 Å². The number of hydrogen-bond acceptors (Lipinski definition) is 4. The summed E-state index contributed by atoms with van der Waals surface area (Å²) in [5, 5.41) is -0.636. The minimum Gasteiger partial charge on any atom is -0.466 e. The van der Waals surface area contributed by atoms with E-state index < -0.39 is 21.1 Å². The summed E-state index contributed by atoms with van der Waals surface area (Å²) in [5.74, 6) is -0.283. The minimum atomic E-state index is -3.14. The van der Waals surface area contributed by atoms with Crippen molar-refractivity contribution in [1.82, 2.24) is 0 Å². The van der Waals surface area contributed by atoms with Crippen LogP contribution in [0.1, 0.15) is 40.0 Å². The highest BCUT2D eigenvalue weighted by molar-refractivity contribution is 7.92. The van der Waals surface area contributed by atoms with Crippen LogP contribution in [0.25, 0.3) is 0 Å². The van der Waals surface area contributed by atoms with Crippen molar-refractivity contribution in [2.24, 2.45) is 0 Å². The molecule has 0 aromatic rings. The standard InChI is InChI=1S/C10H20O4S/c1-4-6-7-15(12,13)9(3)8-10(11)14-5-2/h9H,4-8H2,1-3H3. The van der Waals surface area contributed by atoms with E-state index in [0.717, 1.165) is 6.42 Å². The SMILES string of the molecule is CCCCS(=O)(=O)C(C)CC(=O)OCC. The van der Waals surface area contributed by atoms with E-state index in [1.807, 2.05) is 6.92 Å². The van der Waals surface area contributed by atoms with Crippen molar-refractivity contribution in [2.45, 2.75) is 45.3 Å². The van der Waals surface area contributed by atoms with Gasteiger partial charge >= 0.3 is 5.97 Å². The molecule has 0 spiro atoms. The molecule has 0 aliphatic rings. The van der Waals surface area contributed by atoms with E-state index in [9.17, 15) is 13.2 Å². The number of ether oxygens (including phenoxy) is 1. The number of carbonyl (C=O) groups excluding carboxylic acids is 1. The summed E-state index contributed by atoms with van der Waals surface area (Å²) in [5.41, 5.74) is 0. The zero-order chi connectivity index (χ0) is 11.9. The van der Waals surface area contributed by atoms with Gasteiger partial charge in [0.15, 0.2) is 9.84 Å². The Labute approximate surface area is 91.9 Å². The van der Waals surface area contributed by atoms with Crippen LogP contribution >= 0.6 is 0 Å². The maximum atomic E-state index is 11.6. The van der Waals surface area contributed by atoms with Crippen molar-refractivity contribution in [3.8, 4) is 0 Å². The highest BCUT2D eigenvalue weighted by atomic mass is 32.2. The quantitative estimate of drug-likeness (QED) is 0.629. The monoisotopic (exact) mass is 236 g/mol. The molecule has 0 fully saturated rings. The Bertz CT molecular complexity index is 282. The molecular formula is C10H20O4S. The Morgan fingerprint density at radius 2 is 1.93 bits per heavy atom. The van der Waals surface area contributed by atoms with Crippen LogP contribution in [0.2, 0.25) is 0 Å². The van der Waals surface area contributed by atoms with Crippen LogP contribution in [-0.2, 0) is 19.4 Å². The molecule has 0 aromatic heterocycles. The first kappa shape index (κ1) is 14.4. The molecule has 90 valence electrons. The zero-order valence-corrected chi connectivity index (χ0v) is 10.5. The Balaban J connectivity index is 4.18. The maximum Gasteiger partial charge on any atom is 0.307 e. The molecule has 1 atom stereocenters. The first-order valence-electron chi connectivity index (χ1n) is 5.31. The van der Waals surface area contributed by atoms with Crippen LogP contribution in [0.3, 0.4) is 0 Å². The topological polar surface area (TPSA) is 60.4 Å². The first-order valence-corrected chi connectivity index (χ1v) is 7.02. The van der Waals surface area contributed by atoms with E-state index in [1.165, 1.54) is 0 Å². The molecule has 1 unspecified atom stereocenters. The molecule has 0 aliphatic carbocycles. The summed E-state index contributed by atoms with van der Waals surface area (Å²) in [6.45, 7) is 5.49. The Morgan fingerprint density at radius 3 is 2.40 bits per heavy atom. The number of carbonyl (C=O) groups is 1. The molecule has 0 heterocycles. The van der Waals surface area contributed by atoms with Crippen LogP contribution in [0.15, 0.2) is 0 Å². The normalized spacial score (nSPS) is 13.5. The van der Waals surface area contributed by atoms with Gasteiger partial charge < -0.3 is 4.74 Å². The van der Waals surface area contributed by atoms with Crippen LogP contribution in [0.4, 0.5) is 0 Å². The molecule has 0 amide bonds. The average Bonchev–Trinajstić information content (AvgIpc) is 2.15. The smallest absolute Gasteiger partial charge is 0.307 e. The minimum absolute atomic E-state index is 0.0418. The Kier molecular flexibility index (Phi) is 6.56. The van der Waals surface area contributed by atoms with E-state index in [4.69, 9.17) is 4.74 Å². The molecule has 15 heavy (non-hydrogen) atoms. The van der Waals surface area contributed by atoms with Gasteiger partial charge in [0, 0.05) is 0 Å². The van der Waals surface area contributed by atoms with Gasteiger partial charge in [-0.05, 0) is 20.3 Å². The van der Waals surface area contributed by atoms with Gasteiger partial charge in [-0.25, -0.2) is 8.42 Å². The molecule has 0 aromatic carbocycles. The van der Waals surface area contributed by atoms with E-state index in [-0.39, 0.29) is 12.2 Å². The third kappa shape index (κ3) is 5.77. The molecule has 0 saturated carbocycles. The second-order valence-electron chi connectivity index (χ2n) is 3.54. The van der Waals surface area contributed by atoms with Gasteiger partial charge in [-0.15, -0.1) is 0 Å². The molecule has 0 radical (unpaired) electrons. The molecule has 4 nitrogen and oxygen atoms in total. The average molecular weight is 236 g/mol. The highest BCUT2D eigenvalue weighted by Gasteiger charge is 2.23. The third-order valence-corrected chi connectivity index (χ3v) is 4.41. The van der Waals surface area contributed by atoms with Gasteiger partial charge in [-0.3, -0.25) is 4.79 Å². The largest absolute Gasteiger partial charge is 0.466 e. The highest BCUT2D eigenvalue weighted by Crippen LogP contribution is 2.09. The number of rotatable bonds is 7. The van der Waals surface area contributed by atoms with Gasteiger partial charge in [-0.2, -0.15) is 0 Å². The third-order valence-electron chi connectivity index (χ3n) is 2.15. The number of esters is 1. The second-order valence-corrected chi connectivity index (χ2v) is 6.08. The molecule has 0 bridgehead atoms. The van der Waals surface area contributed by atoms with Crippen molar-refractivity contribution in [3.05, 3.63) is 0 Å². The Morgan fingerprint density at radius 1 is 1.33 bits per heavy atom. The fourth-order valence-corrected chi connectivity index (χ4v) is 2.61. The molecule has 0 N–H and O–H groups in total. The summed E-state index contributed by atoms with van der Waals surface area (Å²) in [6, 6.07) is 0.